The van der Waals surface area contributed by atoms with Gasteiger partial charge in [-0.25, -0.2) is 0 Å². The Morgan fingerprint density at radius 1 is 1.04 bits per heavy atom. The highest BCUT2D eigenvalue weighted by molar-refractivity contribution is 5.66. The van der Waals surface area contributed by atoms with Crippen LogP contribution in [0.1, 0.15) is 19.4 Å². The number of rotatable bonds is 8. The topological polar surface area (TPSA) is 75.2 Å². The minimum atomic E-state index is 0.413. The van der Waals surface area contributed by atoms with Gasteiger partial charge in [0.15, 0.2) is 5.82 Å². The van der Waals surface area contributed by atoms with Crippen LogP contribution in [0.15, 0.2) is 48.7 Å². The van der Waals surface area contributed by atoms with Crippen molar-refractivity contribution in [2.45, 2.75) is 20.8 Å². The van der Waals surface area contributed by atoms with Crippen molar-refractivity contribution in [1.82, 2.24) is 15.2 Å². The number of methoxy groups -OCH3 is 1. The van der Waals surface area contributed by atoms with Gasteiger partial charge in [0.2, 0.25) is 5.95 Å². The average molecular weight is 378 g/mol. The standard InChI is InChI=1S/C21H26N6O/c1-5-27(6-2)17-10-11-19(15(3)12-17)24-20-14-22-26-21(25-20)23-16-8-7-9-18(13-16)28-4/h7-14H,5-6H2,1-4H3,(H2,23,24,25,26). The molecule has 0 aliphatic carbocycles. The van der Waals surface area contributed by atoms with Gasteiger partial charge in [-0.3, -0.25) is 0 Å². The van der Waals surface area contributed by atoms with E-state index in [1.165, 1.54) is 5.69 Å². The lowest BCUT2D eigenvalue weighted by atomic mass is 10.1. The molecule has 7 heteroatoms. The van der Waals surface area contributed by atoms with E-state index in [2.05, 4.69) is 69.7 Å². The lowest BCUT2D eigenvalue weighted by molar-refractivity contribution is 0.415. The van der Waals surface area contributed by atoms with Crippen molar-refractivity contribution in [3.05, 3.63) is 54.2 Å². The minimum absolute atomic E-state index is 0.413. The zero-order chi connectivity index (χ0) is 19.9. The zero-order valence-corrected chi connectivity index (χ0v) is 16.7. The van der Waals surface area contributed by atoms with Crippen LogP contribution in [0.4, 0.5) is 28.8 Å². The van der Waals surface area contributed by atoms with Crippen molar-refractivity contribution in [2.75, 3.05) is 35.7 Å². The third-order valence-corrected chi connectivity index (χ3v) is 4.49. The highest BCUT2D eigenvalue weighted by atomic mass is 16.5. The van der Waals surface area contributed by atoms with Gasteiger partial charge >= 0.3 is 0 Å². The summed E-state index contributed by atoms with van der Waals surface area (Å²) in [4.78, 5) is 6.82. The molecular weight excluding hydrogens is 352 g/mol. The Hall–Kier alpha value is -3.35. The second-order valence-corrected chi connectivity index (χ2v) is 6.32. The van der Waals surface area contributed by atoms with Gasteiger partial charge in [-0.05, 0) is 56.7 Å². The summed E-state index contributed by atoms with van der Waals surface area (Å²) in [5, 5.41) is 14.6. The lowest BCUT2D eigenvalue weighted by Crippen LogP contribution is -2.21. The summed E-state index contributed by atoms with van der Waals surface area (Å²) in [7, 11) is 1.63. The van der Waals surface area contributed by atoms with Crippen LogP contribution in [-0.4, -0.2) is 35.4 Å². The van der Waals surface area contributed by atoms with Crippen molar-refractivity contribution >= 4 is 28.8 Å². The highest BCUT2D eigenvalue weighted by Gasteiger charge is 2.07. The summed E-state index contributed by atoms with van der Waals surface area (Å²) in [5.41, 5.74) is 4.18. The van der Waals surface area contributed by atoms with Gasteiger partial charge in [0, 0.05) is 36.2 Å². The fraction of sp³-hybridized carbons (Fsp3) is 0.286. The summed E-state index contributed by atoms with van der Waals surface area (Å²) >= 11 is 0. The Bertz CT molecular complexity index is 926. The fourth-order valence-corrected chi connectivity index (χ4v) is 2.96. The molecule has 0 saturated heterocycles. The minimum Gasteiger partial charge on any atom is -0.497 e. The van der Waals surface area contributed by atoms with E-state index >= 15 is 0 Å². The Kier molecular flexibility index (Phi) is 6.26. The van der Waals surface area contributed by atoms with Crippen molar-refractivity contribution < 1.29 is 4.74 Å². The normalized spacial score (nSPS) is 10.4. The molecule has 0 aliphatic rings. The zero-order valence-electron chi connectivity index (χ0n) is 16.7. The monoisotopic (exact) mass is 378 g/mol. The number of aromatic nitrogens is 3. The molecule has 3 aromatic rings. The van der Waals surface area contributed by atoms with Gasteiger partial charge in [0.05, 0.1) is 13.3 Å². The molecule has 28 heavy (non-hydrogen) atoms. The molecule has 7 nitrogen and oxygen atoms in total. The Balaban J connectivity index is 1.75. The van der Waals surface area contributed by atoms with E-state index in [1.807, 2.05) is 24.3 Å². The number of hydrogen-bond acceptors (Lipinski definition) is 7. The lowest BCUT2D eigenvalue weighted by Gasteiger charge is -2.22. The predicted molar refractivity (Wildman–Crippen MR) is 114 cm³/mol. The fourth-order valence-electron chi connectivity index (χ4n) is 2.96. The Morgan fingerprint density at radius 3 is 2.57 bits per heavy atom. The van der Waals surface area contributed by atoms with Crippen LogP contribution >= 0.6 is 0 Å². The van der Waals surface area contributed by atoms with E-state index in [1.54, 1.807) is 13.3 Å². The Morgan fingerprint density at radius 2 is 1.86 bits per heavy atom. The highest BCUT2D eigenvalue weighted by Crippen LogP contribution is 2.25. The van der Waals surface area contributed by atoms with E-state index in [0.29, 0.717) is 11.8 Å². The summed E-state index contributed by atoms with van der Waals surface area (Å²) in [6.07, 6.45) is 1.61. The third kappa shape index (κ3) is 4.68. The molecule has 146 valence electrons. The predicted octanol–water partition coefficient (Wildman–Crippen LogP) is 4.52. The van der Waals surface area contributed by atoms with E-state index in [4.69, 9.17) is 4.74 Å². The number of hydrogen-bond donors (Lipinski definition) is 2. The summed E-state index contributed by atoms with van der Waals surface area (Å²) in [6, 6.07) is 13.9. The first kappa shape index (κ1) is 19.4. The molecule has 0 fully saturated rings. The van der Waals surface area contributed by atoms with Crippen molar-refractivity contribution in [3.63, 3.8) is 0 Å². The van der Waals surface area contributed by atoms with Gasteiger partial charge in [-0.1, -0.05) is 6.07 Å². The largest absolute Gasteiger partial charge is 0.497 e. The van der Waals surface area contributed by atoms with Gasteiger partial charge in [0.1, 0.15) is 5.75 Å². The van der Waals surface area contributed by atoms with Gasteiger partial charge < -0.3 is 20.3 Å². The van der Waals surface area contributed by atoms with Crippen molar-refractivity contribution in [3.8, 4) is 5.75 Å². The molecular formula is C21H26N6O. The molecule has 0 bridgehead atoms. The van der Waals surface area contributed by atoms with Gasteiger partial charge in [-0.2, -0.15) is 10.1 Å². The molecule has 0 unspecified atom stereocenters. The second kappa shape index (κ2) is 9.03. The summed E-state index contributed by atoms with van der Waals surface area (Å²) < 4.78 is 5.24. The van der Waals surface area contributed by atoms with E-state index < -0.39 is 0 Å². The molecule has 0 radical (unpaired) electrons. The maximum Gasteiger partial charge on any atom is 0.249 e. The average Bonchev–Trinajstić information content (AvgIpc) is 2.71. The van der Waals surface area contributed by atoms with Crippen LogP contribution in [0.25, 0.3) is 0 Å². The van der Waals surface area contributed by atoms with Gasteiger partial charge in [0.25, 0.3) is 0 Å². The number of nitrogens with one attached hydrogen (secondary N) is 2. The number of ether oxygens (including phenoxy) is 1. The summed E-state index contributed by atoms with van der Waals surface area (Å²) in [5.74, 6) is 1.80. The quantitative estimate of drug-likeness (QED) is 0.597. The first-order chi connectivity index (χ1) is 13.6. The summed E-state index contributed by atoms with van der Waals surface area (Å²) in [6.45, 7) is 8.37. The van der Waals surface area contributed by atoms with Crippen LogP contribution in [0.3, 0.4) is 0 Å². The van der Waals surface area contributed by atoms with Crippen LogP contribution in [-0.2, 0) is 0 Å². The molecule has 3 rings (SSSR count). The Labute approximate surface area is 165 Å². The molecule has 0 amide bonds. The number of anilines is 5. The van der Waals surface area contributed by atoms with Gasteiger partial charge in [-0.15, -0.1) is 5.10 Å². The molecule has 0 spiro atoms. The van der Waals surface area contributed by atoms with Crippen molar-refractivity contribution in [1.29, 1.82) is 0 Å². The molecule has 0 aliphatic heterocycles. The molecule has 1 heterocycles. The second-order valence-electron chi connectivity index (χ2n) is 6.32. The van der Waals surface area contributed by atoms with Crippen LogP contribution in [0.2, 0.25) is 0 Å². The SMILES string of the molecule is CCN(CC)c1ccc(Nc2cnnc(Nc3cccc(OC)c3)n2)c(C)c1. The van der Waals surface area contributed by atoms with Crippen molar-refractivity contribution in [2.24, 2.45) is 0 Å². The van der Waals surface area contributed by atoms with E-state index in [0.717, 1.165) is 35.8 Å². The van der Waals surface area contributed by atoms with Crippen LogP contribution in [0.5, 0.6) is 5.75 Å². The number of benzene rings is 2. The molecule has 1 aromatic heterocycles. The first-order valence-corrected chi connectivity index (χ1v) is 9.36. The first-order valence-electron chi connectivity index (χ1n) is 9.36. The molecule has 0 saturated carbocycles. The molecule has 0 atom stereocenters. The number of nitrogens with zero attached hydrogens (tertiary/aromatic N) is 4. The van der Waals surface area contributed by atoms with Crippen LogP contribution in [0, 0.1) is 6.92 Å². The smallest absolute Gasteiger partial charge is 0.249 e. The third-order valence-electron chi connectivity index (χ3n) is 4.49. The van der Waals surface area contributed by atoms with E-state index in [9.17, 15) is 0 Å². The number of aryl methyl sites for hydroxylation is 1. The molecule has 2 aromatic carbocycles. The maximum atomic E-state index is 5.24. The maximum absolute atomic E-state index is 5.24. The van der Waals surface area contributed by atoms with E-state index in [-0.39, 0.29) is 0 Å². The van der Waals surface area contributed by atoms with Crippen LogP contribution < -0.4 is 20.3 Å². The molecule has 2 N–H and O–H groups in total.